The van der Waals surface area contributed by atoms with Gasteiger partial charge in [-0.15, -0.1) is 13.2 Å². The van der Waals surface area contributed by atoms with Gasteiger partial charge in [0.05, 0.1) is 10.2 Å². The minimum absolute atomic E-state index is 0.102. The molecule has 0 saturated heterocycles. The van der Waals surface area contributed by atoms with Gasteiger partial charge in [-0.2, -0.15) is 0 Å². The summed E-state index contributed by atoms with van der Waals surface area (Å²) in [6.45, 7) is 0. The highest BCUT2D eigenvalue weighted by Crippen LogP contribution is 2.36. The minimum Gasteiger partial charge on any atom is -0.455 e. The number of hydrogen-bond donors (Lipinski definition) is 1. The van der Waals surface area contributed by atoms with E-state index in [1.165, 1.54) is 18.2 Å². The first-order chi connectivity index (χ1) is 9.74. The van der Waals surface area contributed by atoms with Crippen molar-refractivity contribution >= 4 is 33.2 Å². The summed E-state index contributed by atoms with van der Waals surface area (Å²) < 4.78 is 45.9. The predicted molar refractivity (Wildman–Crippen MR) is 76.8 cm³/mol. The first kappa shape index (κ1) is 15.8. The van der Waals surface area contributed by atoms with E-state index in [1.807, 2.05) is 0 Å². The topological polar surface area (TPSA) is 44.5 Å². The highest BCUT2D eigenvalue weighted by molar-refractivity contribution is 9.10. The van der Waals surface area contributed by atoms with E-state index < -0.39 is 6.36 Å². The van der Waals surface area contributed by atoms with Crippen LogP contribution in [0.1, 0.15) is 0 Å². The lowest BCUT2D eigenvalue weighted by molar-refractivity contribution is -0.274. The second-order valence-electron chi connectivity index (χ2n) is 3.92. The molecule has 0 aromatic heterocycles. The van der Waals surface area contributed by atoms with E-state index in [1.54, 1.807) is 12.1 Å². The lowest BCUT2D eigenvalue weighted by Crippen LogP contribution is -2.17. The fraction of sp³-hybridized carbons (Fsp3) is 0.0769. The van der Waals surface area contributed by atoms with Gasteiger partial charge in [-0.25, -0.2) is 0 Å². The van der Waals surface area contributed by atoms with E-state index in [9.17, 15) is 13.2 Å². The molecule has 2 aromatic carbocycles. The fourth-order valence-corrected chi connectivity index (χ4v) is 2.11. The van der Waals surface area contributed by atoms with Gasteiger partial charge >= 0.3 is 6.36 Å². The molecule has 0 fully saturated rings. The van der Waals surface area contributed by atoms with E-state index in [-0.39, 0.29) is 10.2 Å². The highest BCUT2D eigenvalue weighted by Gasteiger charge is 2.32. The molecule has 0 aliphatic heterocycles. The van der Waals surface area contributed by atoms with Gasteiger partial charge < -0.3 is 15.2 Å². The number of halogens is 5. The van der Waals surface area contributed by atoms with Crippen molar-refractivity contribution in [1.29, 1.82) is 0 Å². The number of benzene rings is 2. The summed E-state index contributed by atoms with van der Waals surface area (Å²) in [5.74, 6) is 0.278. The summed E-state index contributed by atoms with van der Waals surface area (Å²) in [4.78, 5) is 0. The molecule has 21 heavy (non-hydrogen) atoms. The number of ether oxygens (including phenoxy) is 2. The van der Waals surface area contributed by atoms with Crippen molar-refractivity contribution in [2.45, 2.75) is 6.36 Å². The summed E-state index contributed by atoms with van der Waals surface area (Å²) >= 11 is 8.75. The maximum atomic E-state index is 12.2. The number of rotatable bonds is 3. The van der Waals surface area contributed by atoms with Crippen molar-refractivity contribution in [2.75, 3.05) is 5.73 Å². The van der Waals surface area contributed by atoms with Crippen LogP contribution in [0.5, 0.6) is 17.2 Å². The number of hydrogen-bond acceptors (Lipinski definition) is 3. The molecule has 0 atom stereocenters. The Bertz CT molecular complexity index is 664. The molecule has 0 radical (unpaired) electrons. The summed E-state index contributed by atoms with van der Waals surface area (Å²) in [5, 5.41) is 0.454. The molecule has 0 aliphatic rings. The molecule has 0 unspecified atom stereocenters. The van der Waals surface area contributed by atoms with Crippen molar-refractivity contribution in [1.82, 2.24) is 0 Å². The molecule has 0 amide bonds. The maximum Gasteiger partial charge on any atom is 0.573 e. The molecule has 0 saturated carbocycles. The molecule has 8 heteroatoms. The standard InChI is InChI=1S/C13H8BrClF3NO2/c14-9-6-8(2-4-11(9)21-13(16,17)18)20-12-3-1-7(15)5-10(12)19/h1-6H,19H2. The van der Waals surface area contributed by atoms with E-state index in [2.05, 4.69) is 20.7 Å². The lowest BCUT2D eigenvalue weighted by atomic mass is 10.3. The van der Waals surface area contributed by atoms with Crippen molar-refractivity contribution in [3.8, 4) is 17.2 Å². The van der Waals surface area contributed by atoms with Gasteiger partial charge in [-0.1, -0.05) is 11.6 Å². The molecule has 2 rings (SSSR count). The zero-order valence-corrected chi connectivity index (χ0v) is 12.6. The zero-order chi connectivity index (χ0) is 15.6. The Morgan fingerprint density at radius 1 is 1.05 bits per heavy atom. The summed E-state index contributed by atoms with van der Waals surface area (Å²) in [5.41, 5.74) is 6.04. The number of nitrogens with two attached hydrogens (primary N) is 1. The number of anilines is 1. The first-order valence-corrected chi connectivity index (χ1v) is 6.70. The van der Waals surface area contributed by atoms with Crippen LogP contribution in [0.4, 0.5) is 18.9 Å². The molecule has 0 aliphatic carbocycles. The average Bonchev–Trinajstić information content (AvgIpc) is 2.35. The van der Waals surface area contributed by atoms with Crippen LogP contribution in [-0.4, -0.2) is 6.36 Å². The Hall–Kier alpha value is -1.60. The second-order valence-corrected chi connectivity index (χ2v) is 5.22. The van der Waals surface area contributed by atoms with Crippen LogP contribution in [-0.2, 0) is 0 Å². The van der Waals surface area contributed by atoms with E-state index >= 15 is 0 Å². The molecule has 2 aromatic rings. The largest absolute Gasteiger partial charge is 0.573 e. The minimum atomic E-state index is -4.76. The molecule has 3 nitrogen and oxygen atoms in total. The van der Waals surface area contributed by atoms with Gasteiger partial charge in [-0.05, 0) is 52.3 Å². The van der Waals surface area contributed by atoms with E-state index in [0.29, 0.717) is 22.2 Å². The van der Waals surface area contributed by atoms with Crippen LogP contribution < -0.4 is 15.2 Å². The first-order valence-electron chi connectivity index (χ1n) is 5.53. The van der Waals surface area contributed by atoms with Gasteiger partial charge in [0, 0.05) is 5.02 Å². The predicted octanol–water partition coefficient (Wildman–Crippen LogP) is 5.38. The third-order valence-electron chi connectivity index (χ3n) is 2.33. The second kappa shape index (κ2) is 6.03. The molecule has 112 valence electrons. The SMILES string of the molecule is Nc1cc(Cl)ccc1Oc1ccc(OC(F)(F)F)c(Br)c1. The Balaban J connectivity index is 2.20. The molecular formula is C13H8BrClF3NO2. The van der Waals surface area contributed by atoms with Gasteiger partial charge in [-0.3, -0.25) is 0 Å². The van der Waals surface area contributed by atoms with Gasteiger partial charge in [0.2, 0.25) is 0 Å². The smallest absolute Gasteiger partial charge is 0.455 e. The number of alkyl halides is 3. The maximum absolute atomic E-state index is 12.2. The quantitative estimate of drug-likeness (QED) is 0.725. The van der Waals surface area contributed by atoms with Crippen LogP contribution in [0.25, 0.3) is 0 Å². The van der Waals surface area contributed by atoms with Crippen LogP contribution >= 0.6 is 27.5 Å². The van der Waals surface area contributed by atoms with Gasteiger partial charge in [0.15, 0.2) is 0 Å². The van der Waals surface area contributed by atoms with Crippen LogP contribution in [0.15, 0.2) is 40.9 Å². The molecule has 0 bridgehead atoms. The Labute approximate surface area is 131 Å². The normalized spacial score (nSPS) is 11.3. The molecular weight excluding hydrogens is 374 g/mol. The molecule has 0 heterocycles. The third-order valence-corrected chi connectivity index (χ3v) is 3.18. The van der Waals surface area contributed by atoms with E-state index in [0.717, 1.165) is 6.07 Å². The van der Waals surface area contributed by atoms with Crippen molar-refractivity contribution in [3.05, 3.63) is 45.9 Å². The Kier molecular flexibility index (Phi) is 4.53. The van der Waals surface area contributed by atoms with E-state index in [4.69, 9.17) is 22.1 Å². The Morgan fingerprint density at radius 3 is 2.29 bits per heavy atom. The van der Waals surface area contributed by atoms with Gasteiger partial charge in [0.25, 0.3) is 0 Å². The molecule has 2 N–H and O–H groups in total. The summed E-state index contributed by atoms with van der Waals surface area (Å²) in [6.07, 6.45) is -4.76. The van der Waals surface area contributed by atoms with Crippen molar-refractivity contribution in [3.63, 3.8) is 0 Å². The average molecular weight is 383 g/mol. The summed E-state index contributed by atoms with van der Waals surface area (Å²) in [6, 6.07) is 8.47. The summed E-state index contributed by atoms with van der Waals surface area (Å²) in [7, 11) is 0. The molecule has 0 spiro atoms. The van der Waals surface area contributed by atoms with Gasteiger partial charge in [0.1, 0.15) is 17.2 Å². The lowest BCUT2D eigenvalue weighted by Gasteiger charge is -2.13. The van der Waals surface area contributed by atoms with Crippen molar-refractivity contribution < 1.29 is 22.6 Å². The van der Waals surface area contributed by atoms with Crippen LogP contribution in [0.2, 0.25) is 5.02 Å². The Morgan fingerprint density at radius 2 is 1.71 bits per heavy atom. The number of nitrogen functional groups attached to an aromatic ring is 1. The van der Waals surface area contributed by atoms with Crippen LogP contribution in [0, 0.1) is 0 Å². The third kappa shape index (κ3) is 4.44. The monoisotopic (exact) mass is 381 g/mol. The highest BCUT2D eigenvalue weighted by atomic mass is 79.9. The van der Waals surface area contributed by atoms with Crippen molar-refractivity contribution in [2.24, 2.45) is 0 Å². The zero-order valence-electron chi connectivity index (χ0n) is 10.2. The fourth-order valence-electron chi connectivity index (χ4n) is 1.49. The van der Waals surface area contributed by atoms with Crippen LogP contribution in [0.3, 0.4) is 0 Å².